The Bertz CT molecular complexity index is 1110. The Labute approximate surface area is 171 Å². The van der Waals surface area contributed by atoms with Crippen molar-refractivity contribution in [3.05, 3.63) is 83.1 Å². The van der Waals surface area contributed by atoms with Gasteiger partial charge in [0, 0.05) is 10.9 Å². The first-order valence-electron chi connectivity index (χ1n) is 8.91. The summed E-state index contributed by atoms with van der Waals surface area (Å²) in [4.78, 5) is 16.8. The van der Waals surface area contributed by atoms with Gasteiger partial charge in [-0.15, -0.1) is 16.4 Å². The van der Waals surface area contributed by atoms with Crippen molar-refractivity contribution in [2.75, 3.05) is 7.11 Å². The van der Waals surface area contributed by atoms with E-state index in [1.807, 2.05) is 60.0 Å². The van der Waals surface area contributed by atoms with Crippen LogP contribution >= 0.6 is 11.3 Å². The van der Waals surface area contributed by atoms with Gasteiger partial charge < -0.3 is 9.47 Å². The molecule has 0 saturated carbocycles. The van der Waals surface area contributed by atoms with Gasteiger partial charge in [-0.25, -0.2) is 14.5 Å². The smallest absolute Gasteiger partial charge is 0.360 e. The van der Waals surface area contributed by atoms with Crippen LogP contribution in [-0.2, 0) is 17.9 Å². The molecule has 0 bridgehead atoms. The molecule has 0 amide bonds. The average molecular weight is 406 g/mol. The normalized spacial score (nSPS) is 10.7. The molecule has 2 aromatic heterocycles. The molecule has 0 unspecified atom stereocenters. The van der Waals surface area contributed by atoms with Crippen molar-refractivity contribution in [2.24, 2.45) is 0 Å². The zero-order valence-electron chi connectivity index (χ0n) is 15.7. The number of esters is 1. The lowest BCUT2D eigenvalue weighted by molar-refractivity contribution is 0.0461. The van der Waals surface area contributed by atoms with Gasteiger partial charge in [0.1, 0.15) is 17.4 Å². The van der Waals surface area contributed by atoms with Crippen LogP contribution in [0.15, 0.2) is 66.2 Å². The van der Waals surface area contributed by atoms with Gasteiger partial charge in [0.25, 0.3) is 0 Å². The molecule has 2 aromatic carbocycles. The SMILES string of the molecule is COc1cccc(-c2nc(COC(=O)c3cn(Cc4ccccc4)nn3)cs2)c1. The summed E-state index contributed by atoms with van der Waals surface area (Å²) in [5, 5.41) is 10.6. The molecule has 0 saturated heterocycles. The Morgan fingerprint density at radius 2 is 2.00 bits per heavy atom. The number of methoxy groups -OCH3 is 1. The van der Waals surface area contributed by atoms with Crippen LogP contribution in [0.2, 0.25) is 0 Å². The van der Waals surface area contributed by atoms with Gasteiger partial charge in [-0.1, -0.05) is 47.7 Å². The second kappa shape index (κ2) is 8.66. The minimum Gasteiger partial charge on any atom is -0.497 e. The van der Waals surface area contributed by atoms with Gasteiger partial charge in [0.05, 0.1) is 25.5 Å². The topological polar surface area (TPSA) is 79.1 Å². The van der Waals surface area contributed by atoms with E-state index in [0.29, 0.717) is 12.2 Å². The highest BCUT2D eigenvalue weighted by molar-refractivity contribution is 7.13. The number of nitrogens with zero attached hydrogens (tertiary/aromatic N) is 4. The Morgan fingerprint density at radius 3 is 2.83 bits per heavy atom. The number of hydrogen-bond donors (Lipinski definition) is 0. The van der Waals surface area contributed by atoms with Crippen molar-refractivity contribution in [1.29, 1.82) is 0 Å². The fraction of sp³-hybridized carbons (Fsp3) is 0.143. The van der Waals surface area contributed by atoms with Crippen LogP contribution in [-0.4, -0.2) is 33.1 Å². The minimum atomic E-state index is -0.528. The van der Waals surface area contributed by atoms with E-state index in [2.05, 4.69) is 15.3 Å². The van der Waals surface area contributed by atoms with Crippen molar-refractivity contribution in [3.63, 3.8) is 0 Å². The predicted molar refractivity (Wildman–Crippen MR) is 109 cm³/mol. The van der Waals surface area contributed by atoms with Crippen molar-refractivity contribution < 1.29 is 14.3 Å². The molecule has 0 N–H and O–H groups in total. The predicted octanol–water partition coefficient (Wildman–Crippen LogP) is 3.82. The van der Waals surface area contributed by atoms with Crippen LogP contribution in [0.3, 0.4) is 0 Å². The van der Waals surface area contributed by atoms with Crippen LogP contribution in [0.1, 0.15) is 21.7 Å². The number of ether oxygens (including phenoxy) is 2. The molecule has 4 rings (SSSR count). The largest absolute Gasteiger partial charge is 0.497 e. The van der Waals surface area contributed by atoms with Gasteiger partial charge in [-0.3, -0.25) is 0 Å². The Morgan fingerprint density at radius 1 is 1.14 bits per heavy atom. The molecular formula is C21H18N4O3S. The number of carbonyl (C=O) groups excluding carboxylic acids is 1. The van der Waals surface area contributed by atoms with Crippen LogP contribution in [0.25, 0.3) is 10.6 Å². The maximum atomic E-state index is 12.3. The van der Waals surface area contributed by atoms with E-state index in [1.165, 1.54) is 11.3 Å². The fourth-order valence-electron chi connectivity index (χ4n) is 2.72. The lowest BCUT2D eigenvalue weighted by Crippen LogP contribution is -2.06. The van der Waals surface area contributed by atoms with Gasteiger partial charge >= 0.3 is 5.97 Å². The Hall–Kier alpha value is -3.52. The molecule has 0 fully saturated rings. The Kier molecular flexibility index (Phi) is 5.62. The van der Waals surface area contributed by atoms with Crippen LogP contribution < -0.4 is 4.74 Å². The maximum Gasteiger partial charge on any atom is 0.360 e. The number of rotatable bonds is 7. The fourth-order valence-corrected chi connectivity index (χ4v) is 3.52. The molecule has 0 aliphatic heterocycles. The van der Waals surface area contributed by atoms with Crippen LogP contribution in [0, 0.1) is 0 Å². The molecule has 146 valence electrons. The Balaban J connectivity index is 1.36. The molecule has 0 atom stereocenters. The molecular weight excluding hydrogens is 388 g/mol. The van der Waals surface area contributed by atoms with E-state index in [4.69, 9.17) is 9.47 Å². The number of thiazole rings is 1. The van der Waals surface area contributed by atoms with Gasteiger partial charge in [-0.2, -0.15) is 0 Å². The quantitative estimate of drug-likeness (QED) is 0.434. The van der Waals surface area contributed by atoms with Crippen molar-refractivity contribution >= 4 is 17.3 Å². The van der Waals surface area contributed by atoms with E-state index in [-0.39, 0.29) is 12.3 Å². The number of hydrogen-bond acceptors (Lipinski definition) is 7. The summed E-state index contributed by atoms with van der Waals surface area (Å²) in [6.45, 7) is 0.613. The van der Waals surface area contributed by atoms with E-state index in [1.54, 1.807) is 18.0 Å². The first-order valence-corrected chi connectivity index (χ1v) is 9.79. The molecule has 7 nitrogen and oxygen atoms in total. The highest BCUT2D eigenvalue weighted by Crippen LogP contribution is 2.27. The summed E-state index contributed by atoms with van der Waals surface area (Å²) in [5.74, 6) is 0.240. The molecule has 2 heterocycles. The summed E-state index contributed by atoms with van der Waals surface area (Å²) in [6.07, 6.45) is 1.58. The van der Waals surface area contributed by atoms with E-state index in [0.717, 1.165) is 21.9 Å². The van der Waals surface area contributed by atoms with Gasteiger partial charge in [0.2, 0.25) is 0 Å². The lowest BCUT2D eigenvalue weighted by atomic mass is 10.2. The van der Waals surface area contributed by atoms with Crippen LogP contribution in [0.4, 0.5) is 0 Å². The first-order chi connectivity index (χ1) is 14.2. The van der Waals surface area contributed by atoms with Gasteiger partial charge in [-0.05, 0) is 17.7 Å². The van der Waals surface area contributed by atoms with Crippen molar-refractivity contribution in [1.82, 2.24) is 20.0 Å². The average Bonchev–Trinajstić information content (AvgIpc) is 3.43. The zero-order valence-corrected chi connectivity index (χ0v) is 16.5. The highest BCUT2D eigenvalue weighted by Gasteiger charge is 2.14. The summed E-state index contributed by atoms with van der Waals surface area (Å²) < 4.78 is 12.2. The zero-order chi connectivity index (χ0) is 20.1. The number of benzene rings is 2. The highest BCUT2D eigenvalue weighted by atomic mass is 32.1. The molecule has 4 aromatic rings. The summed E-state index contributed by atoms with van der Waals surface area (Å²) in [5.41, 5.74) is 2.88. The monoisotopic (exact) mass is 406 g/mol. The summed E-state index contributed by atoms with van der Waals surface area (Å²) >= 11 is 1.48. The molecule has 0 aliphatic rings. The number of carbonyl (C=O) groups is 1. The van der Waals surface area contributed by atoms with Gasteiger partial charge in [0.15, 0.2) is 5.69 Å². The second-order valence-corrected chi connectivity index (χ2v) is 7.10. The van der Waals surface area contributed by atoms with E-state index >= 15 is 0 Å². The van der Waals surface area contributed by atoms with E-state index < -0.39 is 5.97 Å². The molecule has 0 radical (unpaired) electrons. The summed E-state index contributed by atoms with van der Waals surface area (Å²) in [6, 6.07) is 17.5. The molecule has 29 heavy (non-hydrogen) atoms. The first kappa shape index (κ1) is 18.8. The third kappa shape index (κ3) is 4.67. The lowest BCUT2D eigenvalue weighted by Gasteiger charge is -2.02. The third-order valence-corrected chi connectivity index (χ3v) is 5.09. The van der Waals surface area contributed by atoms with Crippen molar-refractivity contribution in [2.45, 2.75) is 13.2 Å². The van der Waals surface area contributed by atoms with E-state index in [9.17, 15) is 4.79 Å². The summed E-state index contributed by atoms with van der Waals surface area (Å²) in [7, 11) is 1.63. The second-order valence-electron chi connectivity index (χ2n) is 6.24. The molecule has 0 spiro atoms. The third-order valence-electron chi connectivity index (χ3n) is 4.15. The maximum absolute atomic E-state index is 12.3. The number of aromatic nitrogens is 4. The minimum absolute atomic E-state index is 0.0743. The van der Waals surface area contributed by atoms with Crippen LogP contribution in [0.5, 0.6) is 5.75 Å². The standard InChI is InChI=1S/C21H18N4O3S/c1-27-18-9-5-8-16(10-18)20-22-17(14-29-20)13-28-21(26)19-12-25(24-23-19)11-15-6-3-2-4-7-15/h2-10,12,14H,11,13H2,1H3. The van der Waals surface area contributed by atoms with Crippen molar-refractivity contribution in [3.8, 4) is 16.3 Å². The molecule has 8 heteroatoms. The molecule has 0 aliphatic carbocycles.